The lowest BCUT2D eigenvalue weighted by molar-refractivity contribution is 0.627. The van der Waals surface area contributed by atoms with Gasteiger partial charge in [-0.05, 0) is 42.3 Å². The van der Waals surface area contributed by atoms with Gasteiger partial charge in [0.1, 0.15) is 23.5 Å². The van der Waals surface area contributed by atoms with E-state index >= 15 is 0 Å². The van der Waals surface area contributed by atoms with E-state index in [4.69, 9.17) is 0 Å². The predicted octanol–water partition coefficient (Wildman–Crippen LogP) is 4.02. The van der Waals surface area contributed by atoms with Gasteiger partial charge in [-0.1, -0.05) is 35.6 Å². The molecule has 27 heavy (non-hydrogen) atoms. The standard InChI is InChI=1S/C19H17FN6S/c1-13(15-4-8-17(9-5-15)26-12-21-11-22-26)23-19-25-24-18(27-19)10-14-2-6-16(20)7-3-14/h2-9,11-13H,10H2,1H3,(H,23,25). The Bertz CT molecular complexity index is 996. The molecule has 2 heterocycles. The Hall–Kier alpha value is -3.13. The highest BCUT2D eigenvalue weighted by atomic mass is 32.1. The third-order valence-electron chi connectivity index (χ3n) is 4.15. The van der Waals surface area contributed by atoms with Crippen LogP contribution in [0.1, 0.15) is 29.1 Å². The Morgan fingerprint density at radius 2 is 1.85 bits per heavy atom. The Labute approximate surface area is 159 Å². The van der Waals surface area contributed by atoms with Gasteiger partial charge < -0.3 is 5.32 Å². The van der Waals surface area contributed by atoms with Crippen LogP contribution in [0.2, 0.25) is 0 Å². The molecule has 0 amide bonds. The molecule has 2 aromatic heterocycles. The molecule has 0 aliphatic rings. The average Bonchev–Trinajstić information content (AvgIpc) is 3.36. The molecule has 0 bridgehead atoms. The first kappa shape index (κ1) is 17.3. The summed E-state index contributed by atoms with van der Waals surface area (Å²) in [6.07, 6.45) is 3.82. The van der Waals surface area contributed by atoms with Crippen molar-refractivity contribution >= 4 is 16.5 Å². The molecule has 2 aromatic carbocycles. The molecule has 0 aliphatic heterocycles. The van der Waals surface area contributed by atoms with E-state index in [-0.39, 0.29) is 11.9 Å². The van der Waals surface area contributed by atoms with Crippen LogP contribution in [0.5, 0.6) is 0 Å². The number of benzene rings is 2. The molecule has 8 heteroatoms. The van der Waals surface area contributed by atoms with Crippen molar-refractivity contribution in [2.75, 3.05) is 5.32 Å². The van der Waals surface area contributed by atoms with Gasteiger partial charge in [0.15, 0.2) is 0 Å². The predicted molar refractivity (Wildman–Crippen MR) is 103 cm³/mol. The van der Waals surface area contributed by atoms with Crippen molar-refractivity contribution in [3.05, 3.63) is 83.1 Å². The summed E-state index contributed by atoms with van der Waals surface area (Å²) in [6, 6.07) is 14.6. The number of hydrogen-bond acceptors (Lipinski definition) is 6. The van der Waals surface area contributed by atoms with Crippen LogP contribution in [0.15, 0.2) is 61.2 Å². The lowest BCUT2D eigenvalue weighted by Gasteiger charge is -2.13. The Kier molecular flexibility index (Phi) is 4.88. The Morgan fingerprint density at radius 3 is 2.56 bits per heavy atom. The lowest BCUT2D eigenvalue weighted by atomic mass is 10.1. The first-order chi connectivity index (χ1) is 13.2. The summed E-state index contributed by atoms with van der Waals surface area (Å²) < 4.78 is 14.7. The number of halogens is 1. The molecule has 0 spiro atoms. The van der Waals surface area contributed by atoms with Crippen molar-refractivity contribution < 1.29 is 4.39 Å². The summed E-state index contributed by atoms with van der Waals surface area (Å²) in [6.45, 7) is 2.07. The maximum atomic E-state index is 13.0. The molecule has 1 atom stereocenters. The van der Waals surface area contributed by atoms with E-state index in [2.05, 4.69) is 44.7 Å². The molecular weight excluding hydrogens is 363 g/mol. The molecule has 0 radical (unpaired) electrons. The summed E-state index contributed by atoms with van der Waals surface area (Å²) >= 11 is 1.51. The van der Waals surface area contributed by atoms with Crippen LogP contribution in [0.25, 0.3) is 5.69 Å². The second-order valence-electron chi connectivity index (χ2n) is 6.10. The minimum atomic E-state index is -0.234. The zero-order valence-corrected chi connectivity index (χ0v) is 15.4. The zero-order valence-electron chi connectivity index (χ0n) is 14.6. The van der Waals surface area contributed by atoms with E-state index in [1.54, 1.807) is 23.1 Å². The normalized spacial score (nSPS) is 12.1. The summed E-state index contributed by atoms with van der Waals surface area (Å²) in [5.41, 5.74) is 3.10. The van der Waals surface area contributed by atoms with Gasteiger partial charge in [-0.3, -0.25) is 0 Å². The highest BCUT2D eigenvalue weighted by Crippen LogP contribution is 2.24. The van der Waals surface area contributed by atoms with E-state index in [9.17, 15) is 4.39 Å². The van der Waals surface area contributed by atoms with E-state index in [1.807, 2.05) is 12.1 Å². The van der Waals surface area contributed by atoms with Gasteiger partial charge in [-0.15, -0.1) is 10.2 Å². The van der Waals surface area contributed by atoms with Crippen molar-refractivity contribution in [1.82, 2.24) is 25.0 Å². The van der Waals surface area contributed by atoms with Crippen molar-refractivity contribution in [2.24, 2.45) is 0 Å². The molecule has 0 saturated heterocycles. The van der Waals surface area contributed by atoms with Gasteiger partial charge in [0.05, 0.1) is 11.7 Å². The van der Waals surface area contributed by atoms with Crippen LogP contribution in [-0.2, 0) is 6.42 Å². The van der Waals surface area contributed by atoms with Gasteiger partial charge in [0.2, 0.25) is 5.13 Å². The van der Waals surface area contributed by atoms with Crippen molar-refractivity contribution in [2.45, 2.75) is 19.4 Å². The molecule has 0 aliphatic carbocycles. The van der Waals surface area contributed by atoms with Gasteiger partial charge in [0, 0.05) is 6.42 Å². The number of aromatic nitrogens is 5. The molecule has 4 rings (SSSR count). The lowest BCUT2D eigenvalue weighted by Crippen LogP contribution is -2.06. The molecule has 0 fully saturated rings. The fourth-order valence-corrected chi connectivity index (χ4v) is 3.55. The SMILES string of the molecule is CC(Nc1nnc(Cc2ccc(F)cc2)s1)c1ccc(-n2cncn2)cc1. The fourth-order valence-electron chi connectivity index (χ4n) is 2.69. The summed E-state index contributed by atoms with van der Waals surface area (Å²) in [7, 11) is 0. The summed E-state index contributed by atoms with van der Waals surface area (Å²) in [5.74, 6) is -0.234. The number of anilines is 1. The van der Waals surface area contributed by atoms with Crippen LogP contribution < -0.4 is 5.32 Å². The van der Waals surface area contributed by atoms with E-state index < -0.39 is 0 Å². The minimum Gasteiger partial charge on any atom is -0.354 e. The van der Waals surface area contributed by atoms with Crippen molar-refractivity contribution in [1.29, 1.82) is 0 Å². The third-order valence-corrected chi connectivity index (χ3v) is 5.01. The zero-order chi connectivity index (χ0) is 18.6. The second-order valence-corrected chi connectivity index (χ2v) is 7.16. The topological polar surface area (TPSA) is 68.5 Å². The first-order valence-corrected chi connectivity index (χ1v) is 9.27. The summed E-state index contributed by atoms with van der Waals surface area (Å²) in [4.78, 5) is 3.96. The number of nitrogens with one attached hydrogen (secondary N) is 1. The Morgan fingerprint density at radius 1 is 1.07 bits per heavy atom. The first-order valence-electron chi connectivity index (χ1n) is 8.46. The smallest absolute Gasteiger partial charge is 0.206 e. The van der Waals surface area contributed by atoms with Crippen LogP contribution in [0.4, 0.5) is 9.52 Å². The summed E-state index contributed by atoms with van der Waals surface area (Å²) in [5, 5.41) is 17.6. The van der Waals surface area contributed by atoms with Crippen LogP contribution >= 0.6 is 11.3 Å². The molecule has 6 nitrogen and oxygen atoms in total. The minimum absolute atomic E-state index is 0.0846. The van der Waals surface area contributed by atoms with Gasteiger partial charge in [0.25, 0.3) is 0 Å². The third kappa shape index (κ3) is 4.17. The molecule has 136 valence electrons. The monoisotopic (exact) mass is 380 g/mol. The molecule has 0 saturated carbocycles. The maximum absolute atomic E-state index is 13.0. The molecule has 1 N–H and O–H groups in total. The van der Waals surface area contributed by atoms with Gasteiger partial charge in [-0.25, -0.2) is 14.1 Å². The van der Waals surface area contributed by atoms with Crippen LogP contribution in [0.3, 0.4) is 0 Å². The molecular formula is C19H17FN6S. The second kappa shape index (κ2) is 7.63. The average molecular weight is 380 g/mol. The number of rotatable bonds is 6. The molecule has 1 unspecified atom stereocenters. The number of hydrogen-bond donors (Lipinski definition) is 1. The maximum Gasteiger partial charge on any atom is 0.206 e. The van der Waals surface area contributed by atoms with Crippen molar-refractivity contribution in [3.63, 3.8) is 0 Å². The number of nitrogens with zero attached hydrogens (tertiary/aromatic N) is 5. The highest BCUT2D eigenvalue weighted by molar-refractivity contribution is 7.15. The van der Waals surface area contributed by atoms with Crippen molar-refractivity contribution in [3.8, 4) is 5.69 Å². The Balaban J connectivity index is 1.40. The van der Waals surface area contributed by atoms with E-state index in [0.29, 0.717) is 6.42 Å². The van der Waals surface area contributed by atoms with Crippen LogP contribution in [0, 0.1) is 5.82 Å². The van der Waals surface area contributed by atoms with E-state index in [1.165, 1.54) is 29.8 Å². The van der Waals surface area contributed by atoms with E-state index in [0.717, 1.165) is 27.0 Å². The molecule has 4 aromatic rings. The quantitative estimate of drug-likeness (QED) is 0.547. The van der Waals surface area contributed by atoms with Crippen LogP contribution in [-0.4, -0.2) is 25.0 Å². The highest BCUT2D eigenvalue weighted by Gasteiger charge is 2.10. The largest absolute Gasteiger partial charge is 0.354 e. The van der Waals surface area contributed by atoms with Gasteiger partial charge >= 0.3 is 0 Å². The fraction of sp³-hybridized carbons (Fsp3) is 0.158. The van der Waals surface area contributed by atoms with Gasteiger partial charge in [-0.2, -0.15) is 5.10 Å².